The maximum absolute atomic E-state index is 12.2. The third-order valence-electron chi connectivity index (χ3n) is 4.26. The molecule has 0 bridgehead atoms. The highest BCUT2D eigenvalue weighted by atomic mass is 35.5. The molecule has 144 valence electrons. The Morgan fingerprint density at radius 1 is 1.00 bits per heavy atom. The van der Waals surface area contributed by atoms with Crippen molar-refractivity contribution in [2.24, 2.45) is 0 Å². The highest BCUT2D eigenvalue weighted by Gasteiger charge is 2.07. The molecule has 2 N–H and O–H groups in total. The Kier molecular flexibility index (Phi) is 6.87. The molecule has 0 fully saturated rings. The molecule has 0 radical (unpaired) electrons. The summed E-state index contributed by atoms with van der Waals surface area (Å²) < 4.78 is 5.12. The predicted octanol–water partition coefficient (Wildman–Crippen LogP) is 4.33. The summed E-state index contributed by atoms with van der Waals surface area (Å²) in [7, 11) is 1.62. The van der Waals surface area contributed by atoms with Crippen LogP contribution in [0, 0.1) is 0 Å². The van der Waals surface area contributed by atoms with Gasteiger partial charge in [0, 0.05) is 18.1 Å². The van der Waals surface area contributed by atoms with E-state index in [0.29, 0.717) is 12.2 Å². The van der Waals surface area contributed by atoms with Crippen molar-refractivity contribution >= 4 is 23.2 Å². The lowest BCUT2D eigenvalue weighted by atomic mass is 10.1. The number of carbonyl (C=O) groups is 1. The number of halogens is 1. The maximum Gasteiger partial charge on any atom is 0.270 e. The molecule has 6 heteroatoms. The molecule has 1 amide bonds. The minimum Gasteiger partial charge on any atom is -0.497 e. The van der Waals surface area contributed by atoms with E-state index < -0.39 is 0 Å². The van der Waals surface area contributed by atoms with Crippen molar-refractivity contribution in [3.05, 3.63) is 88.7 Å². The molecule has 3 rings (SSSR count). The molecule has 0 aliphatic carbocycles. The van der Waals surface area contributed by atoms with Crippen molar-refractivity contribution < 1.29 is 9.53 Å². The highest BCUT2D eigenvalue weighted by Crippen LogP contribution is 2.12. The van der Waals surface area contributed by atoms with Gasteiger partial charge in [0.05, 0.1) is 19.0 Å². The summed E-state index contributed by atoms with van der Waals surface area (Å²) in [5, 5.41) is 6.91. The molecule has 0 aliphatic rings. The van der Waals surface area contributed by atoms with E-state index in [1.165, 1.54) is 5.56 Å². The first-order chi connectivity index (χ1) is 13.6. The van der Waals surface area contributed by atoms with Crippen molar-refractivity contribution in [1.82, 2.24) is 10.3 Å². The summed E-state index contributed by atoms with van der Waals surface area (Å²) in [5.74, 6) is 0.583. The monoisotopic (exact) mass is 395 g/mol. The fourth-order valence-corrected chi connectivity index (χ4v) is 2.78. The number of carbonyl (C=O) groups excluding carboxylic acids is 1. The fraction of sp³-hybridized carbons (Fsp3) is 0.182. The molecule has 0 atom stereocenters. The number of methoxy groups -OCH3 is 1. The Morgan fingerprint density at radius 2 is 1.71 bits per heavy atom. The van der Waals surface area contributed by atoms with Gasteiger partial charge in [-0.2, -0.15) is 0 Å². The van der Waals surface area contributed by atoms with Gasteiger partial charge < -0.3 is 15.4 Å². The second-order valence-corrected chi connectivity index (χ2v) is 6.70. The summed E-state index contributed by atoms with van der Waals surface area (Å²) >= 11 is 5.89. The van der Waals surface area contributed by atoms with Crippen LogP contribution in [0.5, 0.6) is 5.75 Å². The average molecular weight is 396 g/mol. The Hall–Kier alpha value is -3.05. The van der Waals surface area contributed by atoms with Gasteiger partial charge in [-0.1, -0.05) is 35.9 Å². The summed E-state index contributed by atoms with van der Waals surface area (Å²) in [4.78, 5) is 16.5. The number of amides is 1. The van der Waals surface area contributed by atoms with Crippen LogP contribution in [0.3, 0.4) is 0 Å². The van der Waals surface area contributed by atoms with Crippen LogP contribution in [0.4, 0.5) is 5.69 Å². The predicted molar refractivity (Wildman–Crippen MR) is 112 cm³/mol. The van der Waals surface area contributed by atoms with Crippen LogP contribution in [0.1, 0.15) is 21.6 Å². The minimum atomic E-state index is -0.205. The largest absolute Gasteiger partial charge is 0.497 e. The van der Waals surface area contributed by atoms with E-state index >= 15 is 0 Å². The Morgan fingerprint density at radius 3 is 2.36 bits per heavy atom. The lowest BCUT2D eigenvalue weighted by Gasteiger charge is -2.08. The molecule has 5 nitrogen and oxygen atoms in total. The van der Waals surface area contributed by atoms with Gasteiger partial charge in [0.25, 0.3) is 5.91 Å². The number of anilines is 1. The number of aromatic nitrogens is 1. The first kappa shape index (κ1) is 19.7. The first-order valence-corrected chi connectivity index (χ1v) is 9.37. The van der Waals surface area contributed by atoms with Crippen LogP contribution < -0.4 is 15.4 Å². The smallest absolute Gasteiger partial charge is 0.270 e. The van der Waals surface area contributed by atoms with E-state index in [9.17, 15) is 4.79 Å². The van der Waals surface area contributed by atoms with E-state index in [1.54, 1.807) is 19.4 Å². The molecule has 0 spiro atoms. The molecule has 0 aliphatic heterocycles. The number of hydrogen-bond donors (Lipinski definition) is 2. The molecular weight excluding hydrogens is 374 g/mol. The van der Waals surface area contributed by atoms with Crippen molar-refractivity contribution in [1.29, 1.82) is 0 Å². The van der Waals surface area contributed by atoms with E-state index in [2.05, 4.69) is 15.6 Å². The zero-order valence-electron chi connectivity index (χ0n) is 15.6. The van der Waals surface area contributed by atoms with Crippen molar-refractivity contribution in [3.63, 3.8) is 0 Å². The minimum absolute atomic E-state index is 0.205. The van der Waals surface area contributed by atoms with E-state index in [1.807, 2.05) is 54.6 Å². The van der Waals surface area contributed by atoms with Gasteiger partial charge in [-0.25, -0.2) is 4.98 Å². The highest BCUT2D eigenvalue weighted by molar-refractivity contribution is 6.30. The van der Waals surface area contributed by atoms with Crippen molar-refractivity contribution in [2.45, 2.75) is 13.0 Å². The van der Waals surface area contributed by atoms with Gasteiger partial charge in [-0.3, -0.25) is 4.79 Å². The average Bonchev–Trinajstić information content (AvgIpc) is 2.74. The number of nitrogens with one attached hydrogen (secondary N) is 2. The Labute approximate surface area is 169 Å². The summed E-state index contributed by atoms with van der Waals surface area (Å²) in [5.41, 5.74) is 3.46. The van der Waals surface area contributed by atoms with E-state index in [0.717, 1.165) is 35.0 Å². The number of hydrogen-bond acceptors (Lipinski definition) is 4. The molecule has 1 heterocycles. The van der Waals surface area contributed by atoms with Crippen LogP contribution in [0.25, 0.3) is 0 Å². The third-order valence-corrected chi connectivity index (χ3v) is 4.52. The molecule has 0 saturated heterocycles. The zero-order chi connectivity index (χ0) is 19.8. The third kappa shape index (κ3) is 5.72. The van der Waals surface area contributed by atoms with Gasteiger partial charge in [0.1, 0.15) is 11.4 Å². The molecule has 0 saturated carbocycles. The summed E-state index contributed by atoms with van der Waals surface area (Å²) in [6, 6.07) is 18.9. The first-order valence-electron chi connectivity index (χ1n) is 8.99. The van der Waals surface area contributed by atoms with Gasteiger partial charge in [0.15, 0.2) is 0 Å². The van der Waals surface area contributed by atoms with Gasteiger partial charge in [0.2, 0.25) is 0 Å². The number of pyridine rings is 1. The molecule has 28 heavy (non-hydrogen) atoms. The maximum atomic E-state index is 12.2. The Bertz CT molecular complexity index is 895. The van der Waals surface area contributed by atoms with Gasteiger partial charge in [-0.05, 0) is 53.9 Å². The number of nitrogens with zero attached hydrogens (tertiary/aromatic N) is 1. The summed E-state index contributed by atoms with van der Waals surface area (Å²) in [6.45, 7) is 1.21. The SMILES string of the molecule is COc1ccc(CNC(=O)c2ccc(NCCc3ccc(Cl)cc3)cn2)cc1. The van der Waals surface area contributed by atoms with Crippen LogP contribution in [-0.2, 0) is 13.0 Å². The van der Waals surface area contributed by atoms with Crippen molar-refractivity contribution in [2.75, 3.05) is 19.0 Å². The molecule has 1 aromatic heterocycles. The second-order valence-electron chi connectivity index (χ2n) is 6.27. The Balaban J connectivity index is 1.46. The van der Waals surface area contributed by atoms with Crippen LogP contribution in [0.15, 0.2) is 66.9 Å². The molecule has 3 aromatic rings. The number of ether oxygens (including phenoxy) is 1. The van der Waals surface area contributed by atoms with Gasteiger partial charge >= 0.3 is 0 Å². The quantitative estimate of drug-likeness (QED) is 0.596. The van der Waals surface area contributed by atoms with Crippen LogP contribution in [0.2, 0.25) is 5.02 Å². The molecule has 2 aromatic carbocycles. The van der Waals surface area contributed by atoms with Crippen LogP contribution >= 0.6 is 11.6 Å². The zero-order valence-corrected chi connectivity index (χ0v) is 16.4. The van der Waals surface area contributed by atoms with Crippen molar-refractivity contribution in [3.8, 4) is 5.75 Å². The molecular formula is C22H22ClN3O2. The second kappa shape index (κ2) is 9.76. The number of benzene rings is 2. The number of rotatable bonds is 8. The normalized spacial score (nSPS) is 10.4. The lowest BCUT2D eigenvalue weighted by Crippen LogP contribution is -2.23. The lowest BCUT2D eigenvalue weighted by molar-refractivity contribution is 0.0946. The van der Waals surface area contributed by atoms with Crippen LogP contribution in [-0.4, -0.2) is 24.5 Å². The van der Waals surface area contributed by atoms with E-state index in [-0.39, 0.29) is 5.91 Å². The topological polar surface area (TPSA) is 63.2 Å². The van der Waals surface area contributed by atoms with E-state index in [4.69, 9.17) is 16.3 Å². The van der Waals surface area contributed by atoms with Gasteiger partial charge in [-0.15, -0.1) is 0 Å². The fourth-order valence-electron chi connectivity index (χ4n) is 2.65. The summed E-state index contributed by atoms with van der Waals surface area (Å²) in [6.07, 6.45) is 2.55. The molecule has 0 unspecified atom stereocenters. The standard InChI is InChI=1S/C22H22ClN3O2/c1-28-20-9-4-17(5-10-20)14-26-22(27)21-11-8-19(15-25-21)24-13-12-16-2-6-18(23)7-3-16/h2-11,15,24H,12-14H2,1H3,(H,26,27).